The van der Waals surface area contributed by atoms with Crippen LogP contribution in [0.4, 0.5) is 25.8 Å². The summed E-state index contributed by atoms with van der Waals surface area (Å²) in [6.07, 6.45) is 6.95. The number of nitro benzene ring substituents is 1. The summed E-state index contributed by atoms with van der Waals surface area (Å²) in [5.74, 6) is -0.535. The Labute approximate surface area is 451 Å². The summed E-state index contributed by atoms with van der Waals surface area (Å²) < 4.78 is 86.1. The van der Waals surface area contributed by atoms with Crippen molar-refractivity contribution in [2.45, 2.75) is 94.4 Å². The summed E-state index contributed by atoms with van der Waals surface area (Å²) in [5, 5.41) is 16.0. The first-order valence-corrected chi connectivity index (χ1v) is 28.1. The van der Waals surface area contributed by atoms with Crippen LogP contribution in [0.3, 0.4) is 0 Å². The minimum Gasteiger partial charge on any atom is -0.497 e. The zero-order chi connectivity index (χ0) is 54.5. The first kappa shape index (κ1) is 52.9. The van der Waals surface area contributed by atoms with Gasteiger partial charge >= 0.3 is 0 Å². The Morgan fingerprint density at radius 3 is 2.46 bits per heavy atom. The van der Waals surface area contributed by atoms with Gasteiger partial charge in [0.15, 0.2) is 11.3 Å². The fraction of sp³-hybridized carbons (Fsp3) is 0.414. The number of carbonyl (C=O) groups excluding carboxylic acids is 1. The van der Waals surface area contributed by atoms with Crippen LogP contribution in [0.1, 0.15) is 97.1 Å². The van der Waals surface area contributed by atoms with Crippen LogP contribution in [-0.4, -0.2) is 110 Å². The Morgan fingerprint density at radius 1 is 0.974 bits per heavy atom. The summed E-state index contributed by atoms with van der Waals surface area (Å²) in [5.41, 5.74) is 1.51. The van der Waals surface area contributed by atoms with Crippen LogP contribution in [0, 0.1) is 28.3 Å². The standard InChI is InChI=1S/C58H64F2N8O9S/c1-36(2)43-7-5-6-8-44(43)50-34-65(33-38-9-11-41(74-4)12-10-38)21-22-67(50)40-30-57(31-40)14-19-66(20-15-57)48-28-51(77-42-26-39-13-18-61-55(39)62-32-42)45(27-47(48)59)56(69)64-78(72,73)52-29-49(68(70)71)53(54-46(52)25-37(3)76-54)63-35-58(60)16-23-75-24-17-58/h5-13,18,25-29,32,36,40,50,63H,14-17,19-24,30-31,33-35H2,1-4H3,(H,61,62)(H,64,69). The largest absolute Gasteiger partial charge is 0.497 e. The molecule has 0 radical (unpaired) electrons. The normalized spacial score (nSPS) is 19.1. The minimum absolute atomic E-state index is 0.0541. The van der Waals surface area contributed by atoms with Gasteiger partial charge in [0.2, 0.25) is 0 Å². The zero-order valence-corrected chi connectivity index (χ0v) is 45.0. The summed E-state index contributed by atoms with van der Waals surface area (Å²) in [7, 11) is -3.28. The molecule has 4 aliphatic rings. The van der Waals surface area contributed by atoms with E-state index in [1.54, 1.807) is 25.4 Å². The number of aromatic nitrogens is 2. The van der Waals surface area contributed by atoms with E-state index in [4.69, 9.17) is 18.6 Å². The number of pyridine rings is 1. The Bertz CT molecular complexity index is 3490. The van der Waals surface area contributed by atoms with Crippen molar-refractivity contribution in [2.75, 3.05) is 69.8 Å². The molecule has 78 heavy (non-hydrogen) atoms. The van der Waals surface area contributed by atoms with Crippen molar-refractivity contribution >= 4 is 55.0 Å². The molecule has 1 spiro atoms. The molecule has 3 aromatic heterocycles. The van der Waals surface area contributed by atoms with Crippen molar-refractivity contribution in [3.63, 3.8) is 0 Å². The van der Waals surface area contributed by atoms with Gasteiger partial charge in [0, 0.05) is 113 Å². The number of aromatic amines is 1. The lowest BCUT2D eigenvalue weighted by Crippen LogP contribution is -2.60. The second-order valence-electron chi connectivity index (χ2n) is 21.8. The van der Waals surface area contributed by atoms with Gasteiger partial charge in [0.1, 0.15) is 45.0 Å². The number of hydrogen-bond acceptors (Lipinski definition) is 14. The maximum atomic E-state index is 16.8. The molecule has 3 N–H and O–H groups in total. The molecule has 20 heteroatoms. The summed E-state index contributed by atoms with van der Waals surface area (Å²) in [4.78, 5) is 40.2. The Balaban J connectivity index is 0.830. The number of halogens is 2. The first-order valence-electron chi connectivity index (χ1n) is 26.7. The molecule has 1 amide bonds. The molecule has 3 aliphatic heterocycles. The average Bonchev–Trinajstić information content (AvgIpc) is 4.21. The summed E-state index contributed by atoms with van der Waals surface area (Å²) in [6, 6.07) is 25.8. The predicted octanol–water partition coefficient (Wildman–Crippen LogP) is 10.9. The fourth-order valence-electron chi connectivity index (χ4n) is 12.2. The Morgan fingerprint density at radius 2 is 1.73 bits per heavy atom. The number of piperidine rings is 1. The molecule has 17 nitrogen and oxygen atoms in total. The number of furan rings is 1. The van der Waals surface area contributed by atoms with E-state index in [1.165, 1.54) is 41.9 Å². The molecular weight excluding hydrogens is 1020 g/mol. The average molecular weight is 1090 g/mol. The number of fused-ring (bicyclic) bond motifs is 2. The first-order chi connectivity index (χ1) is 37.5. The maximum absolute atomic E-state index is 16.8. The number of H-pyrrole nitrogens is 1. The number of nitrogens with one attached hydrogen (secondary N) is 3. The van der Waals surface area contributed by atoms with E-state index in [1.807, 2.05) is 21.8 Å². The van der Waals surface area contributed by atoms with Crippen LogP contribution in [0.2, 0.25) is 0 Å². The molecule has 1 atom stereocenters. The smallest absolute Gasteiger partial charge is 0.297 e. The van der Waals surface area contributed by atoms with E-state index < -0.39 is 48.5 Å². The highest BCUT2D eigenvalue weighted by atomic mass is 32.2. The minimum atomic E-state index is -4.96. The van der Waals surface area contributed by atoms with E-state index in [0.29, 0.717) is 36.1 Å². The van der Waals surface area contributed by atoms with Crippen molar-refractivity contribution in [3.8, 4) is 17.2 Å². The van der Waals surface area contributed by atoms with Gasteiger partial charge in [-0.2, -0.15) is 0 Å². The zero-order valence-electron chi connectivity index (χ0n) is 44.2. The molecule has 4 aromatic carbocycles. The van der Waals surface area contributed by atoms with Gasteiger partial charge in [-0.05, 0) is 97.0 Å². The van der Waals surface area contributed by atoms with Crippen LogP contribution >= 0.6 is 0 Å². The lowest BCUT2D eigenvalue weighted by Gasteiger charge is -2.58. The van der Waals surface area contributed by atoms with Gasteiger partial charge in [-0.1, -0.05) is 50.2 Å². The highest BCUT2D eigenvalue weighted by Gasteiger charge is 2.50. The third kappa shape index (κ3) is 10.6. The number of methoxy groups -OCH3 is 1. The van der Waals surface area contributed by atoms with Crippen LogP contribution < -0.4 is 24.4 Å². The molecule has 6 heterocycles. The van der Waals surface area contributed by atoms with E-state index >= 15 is 8.78 Å². The number of piperazine rings is 1. The molecule has 1 unspecified atom stereocenters. The number of alkyl halides is 1. The van der Waals surface area contributed by atoms with Gasteiger partial charge in [0.25, 0.3) is 21.6 Å². The second-order valence-corrected chi connectivity index (χ2v) is 23.5. The van der Waals surface area contributed by atoms with Gasteiger partial charge in [-0.15, -0.1) is 0 Å². The van der Waals surface area contributed by atoms with Crippen LogP contribution in [-0.2, 0) is 21.3 Å². The van der Waals surface area contributed by atoms with Gasteiger partial charge in [-0.3, -0.25) is 24.7 Å². The second kappa shape index (κ2) is 21.3. The molecule has 4 fully saturated rings. The number of rotatable bonds is 16. The van der Waals surface area contributed by atoms with E-state index in [2.05, 4.69) is 75.3 Å². The van der Waals surface area contributed by atoms with Crippen molar-refractivity contribution in [3.05, 3.63) is 141 Å². The molecule has 410 valence electrons. The fourth-order valence-corrected chi connectivity index (χ4v) is 13.4. The number of ether oxygens (including phenoxy) is 3. The number of benzene rings is 4. The lowest BCUT2D eigenvalue weighted by molar-refractivity contribution is -0.384. The molecule has 3 saturated heterocycles. The van der Waals surface area contributed by atoms with Crippen molar-refractivity contribution < 1.29 is 45.5 Å². The van der Waals surface area contributed by atoms with Crippen LogP contribution in [0.5, 0.6) is 17.2 Å². The number of nitrogens with zero attached hydrogens (tertiary/aromatic N) is 5. The quantitative estimate of drug-likeness (QED) is 0.0610. The number of anilines is 2. The molecule has 7 aromatic rings. The molecule has 11 rings (SSSR count). The third-order valence-corrected chi connectivity index (χ3v) is 17.8. The van der Waals surface area contributed by atoms with Crippen molar-refractivity contribution in [2.24, 2.45) is 5.41 Å². The van der Waals surface area contributed by atoms with Crippen molar-refractivity contribution in [1.29, 1.82) is 0 Å². The van der Waals surface area contributed by atoms with Crippen molar-refractivity contribution in [1.82, 2.24) is 24.5 Å². The molecule has 1 aliphatic carbocycles. The van der Waals surface area contributed by atoms with Gasteiger partial charge in [0.05, 0.1) is 29.5 Å². The lowest BCUT2D eigenvalue weighted by atomic mass is 9.59. The summed E-state index contributed by atoms with van der Waals surface area (Å²) >= 11 is 0. The maximum Gasteiger partial charge on any atom is 0.297 e. The highest BCUT2D eigenvalue weighted by Crippen LogP contribution is 2.54. The van der Waals surface area contributed by atoms with Crippen LogP contribution in [0.15, 0.2) is 107 Å². The molecular formula is C58H64F2N8O9S. The Hall–Kier alpha value is -7.13. The molecule has 0 bridgehead atoms. The van der Waals surface area contributed by atoms with E-state index in [9.17, 15) is 23.3 Å². The topological polar surface area (TPSA) is 198 Å². The number of nitro groups is 1. The number of sulfonamides is 1. The van der Waals surface area contributed by atoms with Gasteiger partial charge < -0.3 is 33.8 Å². The van der Waals surface area contributed by atoms with Gasteiger partial charge in [-0.25, -0.2) is 26.9 Å². The SMILES string of the molecule is COc1ccc(CN2CCN(C3CC4(CCN(c5cc(Oc6cnc7[nH]ccc7c6)c(C(=O)NS(=O)(=O)c6cc([N+](=O)[O-])c(NCC7(F)CCOCC7)c7oc(C)cc67)cc5F)CC4)C3)C(c3ccccc3C(C)C)C2)cc1. The number of hydrogen-bond donors (Lipinski definition) is 3. The predicted molar refractivity (Wildman–Crippen MR) is 292 cm³/mol. The monoisotopic (exact) mass is 1090 g/mol. The van der Waals surface area contributed by atoms with E-state index in [0.717, 1.165) is 69.7 Å². The third-order valence-electron chi connectivity index (χ3n) is 16.5. The number of amides is 1. The Kier molecular flexibility index (Phi) is 14.4. The van der Waals surface area contributed by atoms with Crippen LogP contribution in [0.25, 0.3) is 22.0 Å². The summed E-state index contributed by atoms with van der Waals surface area (Å²) in [6.45, 7) is 10.8. The number of aryl methyl sites for hydroxylation is 1. The molecule has 1 saturated carbocycles. The van der Waals surface area contributed by atoms with E-state index in [-0.39, 0.29) is 83.7 Å². The number of carbonyl (C=O) groups is 1. The highest BCUT2D eigenvalue weighted by molar-refractivity contribution is 7.90.